The van der Waals surface area contributed by atoms with Crippen molar-refractivity contribution in [1.82, 2.24) is 5.32 Å². The summed E-state index contributed by atoms with van der Waals surface area (Å²) in [6, 6.07) is 0. The highest BCUT2D eigenvalue weighted by Gasteiger charge is 2.23. The van der Waals surface area contributed by atoms with Gasteiger partial charge in [0.05, 0.1) is 13.2 Å². The quantitative estimate of drug-likeness (QED) is 0.0329. The summed E-state index contributed by atoms with van der Waals surface area (Å²) in [7, 11) is -4.40. The lowest BCUT2D eigenvalue weighted by Gasteiger charge is -2.15. The molecule has 0 aromatic carbocycles. The molecule has 0 spiro atoms. The lowest BCUT2D eigenvalue weighted by molar-refractivity contribution is -0.147. The summed E-state index contributed by atoms with van der Waals surface area (Å²) in [5.74, 6) is -0.507. The third-order valence-corrected chi connectivity index (χ3v) is 9.77. The second-order valence-corrected chi connectivity index (χ2v) is 15.1. The van der Waals surface area contributed by atoms with E-state index in [-0.39, 0.29) is 32.1 Å². The first kappa shape index (κ1) is 47.0. The minimum absolute atomic E-state index is 0.0879. The number of hydrogen-bond acceptors (Lipinski definition) is 7. The van der Waals surface area contributed by atoms with Crippen LogP contribution in [0.1, 0.15) is 200 Å². The second-order valence-electron chi connectivity index (χ2n) is 13.6. The van der Waals surface area contributed by atoms with Gasteiger partial charge in [-0.1, -0.05) is 174 Å². The van der Waals surface area contributed by atoms with Crippen LogP contribution in [-0.2, 0) is 27.9 Å². The first-order valence-electron chi connectivity index (χ1n) is 20.0. The van der Waals surface area contributed by atoms with Crippen LogP contribution in [0.15, 0.2) is 0 Å². The van der Waals surface area contributed by atoms with Crippen molar-refractivity contribution in [2.75, 3.05) is 26.4 Å². The predicted octanol–water partition coefficient (Wildman–Crippen LogP) is 10.5. The van der Waals surface area contributed by atoms with Gasteiger partial charge in [0.1, 0.15) is 12.7 Å². The fourth-order valence-electron chi connectivity index (χ4n) is 5.73. The zero-order chi connectivity index (χ0) is 35.4. The van der Waals surface area contributed by atoms with Crippen molar-refractivity contribution in [2.24, 2.45) is 0 Å². The van der Waals surface area contributed by atoms with E-state index in [2.05, 4.69) is 19.2 Å². The molecule has 0 aliphatic rings. The Bertz CT molecular complexity index is 769. The molecule has 9 nitrogen and oxygen atoms in total. The first-order chi connectivity index (χ1) is 23.3. The molecule has 0 aliphatic heterocycles. The molecule has 2 unspecified atom stereocenters. The molecule has 48 heavy (non-hydrogen) atoms. The van der Waals surface area contributed by atoms with Crippen LogP contribution in [-0.4, -0.2) is 54.3 Å². The van der Waals surface area contributed by atoms with Crippen molar-refractivity contribution in [3.05, 3.63) is 0 Å². The average Bonchev–Trinajstić information content (AvgIpc) is 3.07. The third-order valence-electron chi connectivity index (χ3n) is 8.79. The molecule has 0 aromatic heterocycles. The van der Waals surface area contributed by atoms with Crippen LogP contribution in [0.4, 0.5) is 0 Å². The molecule has 0 aliphatic carbocycles. The highest BCUT2D eigenvalue weighted by atomic mass is 31.2. The summed E-state index contributed by atoms with van der Waals surface area (Å²) in [6.45, 7) is 3.57. The molecule has 0 heterocycles. The second kappa shape index (κ2) is 35.8. The van der Waals surface area contributed by atoms with E-state index in [9.17, 15) is 24.2 Å². The van der Waals surface area contributed by atoms with Crippen LogP contribution in [0.3, 0.4) is 0 Å². The van der Waals surface area contributed by atoms with Crippen molar-refractivity contribution < 1.29 is 37.9 Å². The van der Waals surface area contributed by atoms with Crippen LogP contribution >= 0.6 is 7.82 Å². The smallest absolute Gasteiger partial charge is 0.463 e. The number of nitrogens with one attached hydrogen (secondary N) is 1. The maximum Gasteiger partial charge on any atom is 0.472 e. The Kier molecular flexibility index (Phi) is 35.1. The van der Waals surface area contributed by atoms with Crippen molar-refractivity contribution in [2.45, 2.75) is 206 Å². The number of aliphatic hydroxyl groups is 1. The molecular weight excluding hydrogens is 629 g/mol. The Morgan fingerprint density at radius 3 is 1.35 bits per heavy atom. The zero-order valence-electron chi connectivity index (χ0n) is 31.2. The van der Waals surface area contributed by atoms with Gasteiger partial charge in [-0.25, -0.2) is 4.57 Å². The number of phosphoric acid groups is 1. The lowest BCUT2D eigenvalue weighted by Crippen LogP contribution is -2.27. The Balaban J connectivity index is 3.58. The maximum atomic E-state index is 12.0. The van der Waals surface area contributed by atoms with E-state index in [0.29, 0.717) is 6.42 Å². The van der Waals surface area contributed by atoms with Gasteiger partial charge in [0.25, 0.3) is 0 Å². The molecular formula is C38H76NO8P. The van der Waals surface area contributed by atoms with E-state index in [1.54, 1.807) is 0 Å². The van der Waals surface area contributed by atoms with E-state index in [0.717, 1.165) is 38.5 Å². The molecule has 0 saturated carbocycles. The van der Waals surface area contributed by atoms with Crippen LogP contribution in [0.2, 0.25) is 0 Å². The fraction of sp³-hybridized carbons (Fsp3) is 0.947. The summed E-state index contributed by atoms with van der Waals surface area (Å²) in [5.41, 5.74) is 0. The van der Waals surface area contributed by atoms with Gasteiger partial charge in [-0.15, -0.1) is 0 Å². The van der Waals surface area contributed by atoms with Crippen LogP contribution < -0.4 is 5.32 Å². The molecule has 3 N–H and O–H groups in total. The molecule has 0 radical (unpaired) electrons. The Labute approximate surface area is 295 Å². The summed E-state index contributed by atoms with van der Waals surface area (Å²) in [5, 5.41) is 12.7. The van der Waals surface area contributed by atoms with Gasteiger partial charge >= 0.3 is 13.8 Å². The van der Waals surface area contributed by atoms with Gasteiger partial charge in [0.2, 0.25) is 5.91 Å². The van der Waals surface area contributed by atoms with Crippen LogP contribution in [0, 0.1) is 0 Å². The summed E-state index contributed by atoms with van der Waals surface area (Å²) >= 11 is 0. The predicted molar refractivity (Wildman–Crippen MR) is 197 cm³/mol. The number of ether oxygens (including phenoxy) is 1. The van der Waals surface area contributed by atoms with Crippen molar-refractivity contribution in [3.8, 4) is 0 Å². The molecule has 1 amide bonds. The first-order valence-corrected chi connectivity index (χ1v) is 21.5. The largest absolute Gasteiger partial charge is 0.472 e. The number of aliphatic hydroxyl groups excluding tert-OH is 1. The minimum atomic E-state index is -4.40. The van der Waals surface area contributed by atoms with Gasteiger partial charge in [-0.05, 0) is 12.8 Å². The molecule has 0 fully saturated rings. The molecule has 0 rings (SSSR count). The van der Waals surface area contributed by atoms with Crippen molar-refractivity contribution >= 4 is 19.7 Å². The minimum Gasteiger partial charge on any atom is -0.463 e. The Morgan fingerprint density at radius 1 is 0.562 bits per heavy atom. The molecule has 286 valence electrons. The summed E-state index contributed by atoms with van der Waals surface area (Å²) in [6.07, 6.45) is 33.1. The lowest BCUT2D eigenvalue weighted by atomic mass is 10.0. The van der Waals surface area contributed by atoms with E-state index < -0.39 is 26.5 Å². The summed E-state index contributed by atoms with van der Waals surface area (Å²) < 4.78 is 26.8. The summed E-state index contributed by atoms with van der Waals surface area (Å²) in [4.78, 5) is 33.8. The number of unbranched alkanes of at least 4 members (excludes halogenated alkanes) is 25. The fourth-order valence-corrected chi connectivity index (χ4v) is 6.49. The van der Waals surface area contributed by atoms with Gasteiger partial charge < -0.3 is 20.1 Å². The van der Waals surface area contributed by atoms with Crippen molar-refractivity contribution in [1.29, 1.82) is 0 Å². The molecule has 0 aromatic rings. The van der Waals surface area contributed by atoms with Gasteiger partial charge in [-0.3, -0.25) is 18.6 Å². The van der Waals surface area contributed by atoms with Crippen molar-refractivity contribution in [3.63, 3.8) is 0 Å². The maximum absolute atomic E-state index is 12.0. The molecule has 0 bridgehead atoms. The number of carbonyl (C=O) groups excluding carboxylic acids is 2. The number of carbonyl (C=O) groups is 2. The SMILES string of the molecule is CCCCCCCCCCCCCCCCC(=O)OCC(O)COP(=O)(O)OCCNC(=O)CCCCCCCCCCCCCCC. The van der Waals surface area contributed by atoms with E-state index in [1.165, 1.54) is 135 Å². The van der Waals surface area contributed by atoms with Gasteiger partial charge in [-0.2, -0.15) is 0 Å². The zero-order valence-corrected chi connectivity index (χ0v) is 32.1. The van der Waals surface area contributed by atoms with E-state index in [1.807, 2.05) is 0 Å². The number of hydrogen-bond donors (Lipinski definition) is 3. The number of phosphoric ester groups is 1. The van der Waals surface area contributed by atoms with Crippen LogP contribution in [0.25, 0.3) is 0 Å². The topological polar surface area (TPSA) is 131 Å². The molecule has 0 saturated heterocycles. The average molecular weight is 706 g/mol. The molecule has 2 atom stereocenters. The van der Waals surface area contributed by atoms with E-state index in [4.69, 9.17) is 13.8 Å². The number of amides is 1. The number of esters is 1. The van der Waals surface area contributed by atoms with E-state index >= 15 is 0 Å². The van der Waals surface area contributed by atoms with Crippen LogP contribution in [0.5, 0.6) is 0 Å². The highest BCUT2D eigenvalue weighted by molar-refractivity contribution is 7.47. The molecule has 10 heteroatoms. The Hall–Kier alpha value is -0.990. The van der Waals surface area contributed by atoms with Gasteiger partial charge in [0.15, 0.2) is 0 Å². The Morgan fingerprint density at radius 2 is 0.938 bits per heavy atom. The normalized spacial score (nSPS) is 13.3. The van der Waals surface area contributed by atoms with Gasteiger partial charge in [0, 0.05) is 19.4 Å². The number of rotatable bonds is 38. The highest BCUT2D eigenvalue weighted by Crippen LogP contribution is 2.42. The third kappa shape index (κ3) is 36.3. The monoisotopic (exact) mass is 706 g/mol. The standard InChI is InChI=1S/C38H76NO8P/c1-3-5-7-9-11-13-15-17-19-21-23-25-27-29-31-38(42)45-34-36(40)35-47-48(43,44)46-33-32-39-37(41)30-28-26-24-22-20-18-16-14-12-10-8-6-4-2/h36,40H,3-35H2,1-2H3,(H,39,41)(H,43,44).